The van der Waals surface area contributed by atoms with Crippen LogP contribution in [0.3, 0.4) is 0 Å². The first-order valence-electron chi connectivity index (χ1n) is 9.10. The molecule has 0 amide bonds. The number of allylic oxidation sites excluding steroid dienone is 1. The standard InChI is InChI=1S/C24H23NO3/c1-20(2)13-18-24(12-8-4-7-11-21-9-5-3-6-10-21)28-19-22-14-16-23(17-15-22)25(26)27/h3,5-6,9-10,14-17,24H,1,4,8,12,19H2,2H3. The van der Waals surface area contributed by atoms with E-state index in [4.69, 9.17) is 4.74 Å². The maximum atomic E-state index is 10.7. The van der Waals surface area contributed by atoms with Crippen LogP contribution in [0.5, 0.6) is 0 Å². The van der Waals surface area contributed by atoms with Crippen LogP contribution in [0.25, 0.3) is 0 Å². The van der Waals surface area contributed by atoms with Crippen molar-refractivity contribution in [3.8, 4) is 23.7 Å². The molecule has 0 aliphatic carbocycles. The highest BCUT2D eigenvalue weighted by molar-refractivity contribution is 5.34. The lowest BCUT2D eigenvalue weighted by molar-refractivity contribution is -0.384. The van der Waals surface area contributed by atoms with Gasteiger partial charge in [-0.2, -0.15) is 0 Å². The molecule has 0 N–H and O–H groups in total. The predicted octanol–water partition coefficient (Wildman–Crippen LogP) is 5.28. The number of ether oxygens (including phenoxy) is 1. The summed E-state index contributed by atoms with van der Waals surface area (Å²) >= 11 is 0. The zero-order chi connectivity index (χ0) is 20.2. The van der Waals surface area contributed by atoms with Crippen LogP contribution in [-0.2, 0) is 11.3 Å². The van der Waals surface area contributed by atoms with Crippen LogP contribution in [0.15, 0.2) is 66.7 Å². The summed E-state index contributed by atoms with van der Waals surface area (Å²) in [6.45, 7) is 6.00. The molecular formula is C24H23NO3. The number of non-ortho nitro benzene ring substituents is 1. The third-order valence-electron chi connectivity index (χ3n) is 3.82. The summed E-state index contributed by atoms with van der Waals surface area (Å²) in [4.78, 5) is 10.3. The van der Waals surface area contributed by atoms with Gasteiger partial charge in [0.25, 0.3) is 5.69 Å². The molecule has 0 saturated carbocycles. The Morgan fingerprint density at radius 2 is 1.89 bits per heavy atom. The number of nitro benzene ring substituents is 1. The number of hydrogen-bond acceptors (Lipinski definition) is 3. The molecule has 0 radical (unpaired) electrons. The SMILES string of the molecule is C=C(C)C#CC(CCCC#Cc1ccccc1)OCc1ccc([N+](=O)[O-])cc1. The maximum Gasteiger partial charge on any atom is 0.269 e. The molecule has 28 heavy (non-hydrogen) atoms. The number of nitro groups is 1. The average Bonchev–Trinajstić information content (AvgIpc) is 2.70. The summed E-state index contributed by atoms with van der Waals surface area (Å²) in [7, 11) is 0. The second kappa shape index (κ2) is 11.4. The zero-order valence-corrected chi connectivity index (χ0v) is 16.0. The number of benzene rings is 2. The van der Waals surface area contributed by atoms with E-state index in [1.165, 1.54) is 12.1 Å². The lowest BCUT2D eigenvalue weighted by Gasteiger charge is -2.12. The summed E-state index contributed by atoms with van der Waals surface area (Å²) in [5, 5.41) is 10.7. The van der Waals surface area contributed by atoms with Gasteiger partial charge in [0.2, 0.25) is 0 Å². The Balaban J connectivity index is 1.87. The molecule has 1 atom stereocenters. The third-order valence-corrected chi connectivity index (χ3v) is 3.82. The summed E-state index contributed by atoms with van der Waals surface area (Å²) in [6, 6.07) is 16.2. The quantitative estimate of drug-likeness (QED) is 0.287. The summed E-state index contributed by atoms with van der Waals surface area (Å²) in [5.74, 6) is 12.4. The van der Waals surface area contributed by atoms with E-state index >= 15 is 0 Å². The van der Waals surface area contributed by atoms with Crippen molar-refractivity contribution in [2.75, 3.05) is 0 Å². The third kappa shape index (κ3) is 7.91. The molecule has 1 unspecified atom stereocenters. The van der Waals surface area contributed by atoms with Gasteiger partial charge in [-0.15, -0.1) is 0 Å². The smallest absolute Gasteiger partial charge is 0.269 e. The number of nitrogens with zero attached hydrogens (tertiary/aromatic N) is 1. The van der Waals surface area contributed by atoms with Crippen LogP contribution in [0.1, 0.15) is 37.3 Å². The van der Waals surface area contributed by atoms with Crippen molar-refractivity contribution in [1.82, 2.24) is 0 Å². The minimum atomic E-state index is -0.414. The molecule has 4 nitrogen and oxygen atoms in total. The number of hydrogen-bond donors (Lipinski definition) is 0. The van der Waals surface area contributed by atoms with E-state index in [-0.39, 0.29) is 11.8 Å². The first kappa shape index (κ1) is 21.0. The van der Waals surface area contributed by atoms with Crippen molar-refractivity contribution in [3.63, 3.8) is 0 Å². The van der Waals surface area contributed by atoms with Gasteiger partial charge in [0.1, 0.15) is 6.10 Å². The predicted molar refractivity (Wildman–Crippen MR) is 111 cm³/mol. The molecule has 0 fully saturated rings. The number of rotatable bonds is 7. The van der Waals surface area contributed by atoms with Gasteiger partial charge in [-0.25, -0.2) is 0 Å². The van der Waals surface area contributed by atoms with Crippen LogP contribution in [0.4, 0.5) is 5.69 Å². The van der Waals surface area contributed by atoms with Gasteiger partial charge in [0.05, 0.1) is 11.5 Å². The Morgan fingerprint density at radius 1 is 1.18 bits per heavy atom. The molecule has 0 heterocycles. The highest BCUT2D eigenvalue weighted by Crippen LogP contribution is 2.14. The van der Waals surface area contributed by atoms with Crippen LogP contribution in [-0.4, -0.2) is 11.0 Å². The molecule has 0 aliphatic heterocycles. The van der Waals surface area contributed by atoms with Crippen LogP contribution in [0.2, 0.25) is 0 Å². The first-order valence-corrected chi connectivity index (χ1v) is 9.10. The topological polar surface area (TPSA) is 52.4 Å². The van der Waals surface area contributed by atoms with E-state index in [9.17, 15) is 10.1 Å². The molecule has 2 rings (SSSR count). The molecule has 0 saturated heterocycles. The van der Waals surface area contributed by atoms with E-state index in [1.54, 1.807) is 12.1 Å². The van der Waals surface area contributed by atoms with E-state index in [0.29, 0.717) is 6.61 Å². The van der Waals surface area contributed by atoms with Gasteiger partial charge in [0, 0.05) is 24.1 Å². The van der Waals surface area contributed by atoms with E-state index in [1.807, 2.05) is 37.3 Å². The van der Waals surface area contributed by atoms with Crippen LogP contribution < -0.4 is 0 Å². The molecule has 0 spiro atoms. The second-order valence-corrected chi connectivity index (χ2v) is 6.33. The lowest BCUT2D eigenvalue weighted by atomic mass is 10.1. The Bertz CT molecular complexity index is 910. The van der Waals surface area contributed by atoms with Gasteiger partial charge in [-0.05, 0) is 55.2 Å². The largest absolute Gasteiger partial charge is 0.361 e. The molecule has 0 aliphatic rings. The highest BCUT2D eigenvalue weighted by Gasteiger charge is 2.08. The normalized spacial score (nSPS) is 10.8. The van der Waals surface area contributed by atoms with Crippen molar-refractivity contribution in [3.05, 3.63) is 88.0 Å². The molecule has 142 valence electrons. The lowest BCUT2D eigenvalue weighted by Crippen LogP contribution is -2.10. The van der Waals surface area contributed by atoms with Gasteiger partial charge in [0.15, 0.2) is 0 Å². The molecule has 0 aromatic heterocycles. The fourth-order valence-corrected chi connectivity index (χ4v) is 2.37. The molecule has 0 bridgehead atoms. The van der Waals surface area contributed by atoms with Gasteiger partial charge in [-0.3, -0.25) is 10.1 Å². The van der Waals surface area contributed by atoms with Crippen LogP contribution >= 0.6 is 0 Å². The van der Waals surface area contributed by atoms with Gasteiger partial charge in [-0.1, -0.05) is 48.5 Å². The Hall–Kier alpha value is -3.34. The maximum absolute atomic E-state index is 10.7. The van der Waals surface area contributed by atoms with Gasteiger partial charge < -0.3 is 4.74 Å². The molecular weight excluding hydrogens is 350 g/mol. The number of unbranched alkanes of at least 4 members (excludes halogenated alkanes) is 1. The zero-order valence-electron chi connectivity index (χ0n) is 16.0. The van der Waals surface area contributed by atoms with Crippen molar-refractivity contribution >= 4 is 5.69 Å². The van der Waals surface area contributed by atoms with Crippen LogP contribution in [0, 0.1) is 33.8 Å². The van der Waals surface area contributed by atoms with E-state index in [0.717, 1.165) is 36.0 Å². The van der Waals surface area contributed by atoms with Gasteiger partial charge >= 0.3 is 0 Å². The van der Waals surface area contributed by atoms with Crippen molar-refractivity contribution in [2.45, 2.75) is 38.9 Å². The van der Waals surface area contributed by atoms with E-state index in [2.05, 4.69) is 30.3 Å². The Labute approximate surface area is 166 Å². The van der Waals surface area contributed by atoms with Crippen molar-refractivity contribution in [2.24, 2.45) is 0 Å². The minimum absolute atomic E-state index is 0.0689. The second-order valence-electron chi connectivity index (χ2n) is 6.33. The van der Waals surface area contributed by atoms with Crippen molar-refractivity contribution < 1.29 is 9.66 Å². The monoisotopic (exact) mass is 373 g/mol. The molecule has 2 aromatic carbocycles. The molecule has 2 aromatic rings. The molecule has 4 heteroatoms. The highest BCUT2D eigenvalue weighted by atomic mass is 16.6. The van der Waals surface area contributed by atoms with Crippen molar-refractivity contribution in [1.29, 1.82) is 0 Å². The fraction of sp³-hybridized carbons (Fsp3) is 0.250. The summed E-state index contributed by atoms with van der Waals surface area (Å²) in [5.41, 5.74) is 2.74. The van der Waals surface area contributed by atoms with E-state index < -0.39 is 4.92 Å². The summed E-state index contributed by atoms with van der Waals surface area (Å²) < 4.78 is 5.91. The minimum Gasteiger partial charge on any atom is -0.361 e. The Morgan fingerprint density at radius 3 is 2.54 bits per heavy atom. The first-order chi connectivity index (χ1) is 13.5. The fourth-order valence-electron chi connectivity index (χ4n) is 2.37. The average molecular weight is 373 g/mol. The summed E-state index contributed by atoms with van der Waals surface area (Å²) in [6.07, 6.45) is 2.17. The Kier molecular flexibility index (Phi) is 8.53.